The van der Waals surface area contributed by atoms with Gasteiger partial charge in [-0.05, 0) is 37.6 Å². The predicted molar refractivity (Wildman–Crippen MR) is 115 cm³/mol. The molecule has 0 saturated carbocycles. The highest BCUT2D eigenvalue weighted by Crippen LogP contribution is 2.31. The van der Waals surface area contributed by atoms with Gasteiger partial charge in [0, 0.05) is 30.8 Å². The smallest absolute Gasteiger partial charge is 0.255 e. The van der Waals surface area contributed by atoms with Gasteiger partial charge in [-0.3, -0.25) is 4.79 Å². The Morgan fingerprint density at radius 1 is 1.17 bits per heavy atom. The molecule has 152 valence electrons. The standard InChI is InChI=1S/C22H21N5O3/c1-12-5-4-6-16(23)20(12)27-22-25-10-9-18(26-22)30-14-7-8-15-17(11-14)29-13(2)19(15)21(28)24-3/h4-11H,23H2,1-3H3,(H,24,28)(H,25,26,27). The van der Waals surface area contributed by atoms with Gasteiger partial charge in [-0.2, -0.15) is 4.98 Å². The fraction of sp³-hybridized carbons (Fsp3) is 0.136. The highest BCUT2D eigenvalue weighted by molar-refractivity contribution is 6.07. The molecule has 4 aromatic rings. The predicted octanol–water partition coefficient (Wildman–Crippen LogP) is 4.32. The molecule has 0 aliphatic rings. The number of nitrogens with one attached hydrogen (secondary N) is 2. The molecular formula is C22H21N5O3. The number of para-hydroxylation sites is 1. The van der Waals surface area contributed by atoms with Crippen molar-refractivity contribution in [2.24, 2.45) is 0 Å². The Morgan fingerprint density at radius 2 is 2.00 bits per heavy atom. The lowest BCUT2D eigenvalue weighted by atomic mass is 10.1. The van der Waals surface area contributed by atoms with E-state index in [0.29, 0.717) is 40.2 Å². The van der Waals surface area contributed by atoms with Crippen LogP contribution >= 0.6 is 0 Å². The quantitative estimate of drug-likeness (QED) is 0.425. The number of fused-ring (bicyclic) bond motifs is 1. The molecule has 0 fully saturated rings. The number of hydrogen-bond acceptors (Lipinski definition) is 7. The van der Waals surface area contributed by atoms with E-state index in [0.717, 1.165) is 16.6 Å². The number of hydrogen-bond donors (Lipinski definition) is 3. The van der Waals surface area contributed by atoms with Crippen LogP contribution in [0.5, 0.6) is 11.6 Å². The minimum atomic E-state index is -0.193. The van der Waals surface area contributed by atoms with E-state index in [-0.39, 0.29) is 5.91 Å². The minimum absolute atomic E-state index is 0.193. The Balaban J connectivity index is 1.60. The summed E-state index contributed by atoms with van der Waals surface area (Å²) in [4.78, 5) is 20.7. The number of aryl methyl sites for hydroxylation is 2. The van der Waals surface area contributed by atoms with Gasteiger partial charge < -0.3 is 25.5 Å². The Kier molecular flexibility index (Phi) is 4.97. The van der Waals surface area contributed by atoms with Crippen molar-refractivity contribution in [1.82, 2.24) is 15.3 Å². The summed E-state index contributed by atoms with van der Waals surface area (Å²) in [5, 5.41) is 6.48. The van der Waals surface area contributed by atoms with Gasteiger partial charge in [0.05, 0.1) is 16.9 Å². The average molecular weight is 403 g/mol. The topological polar surface area (TPSA) is 115 Å². The van der Waals surface area contributed by atoms with Crippen LogP contribution in [0.3, 0.4) is 0 Å². The molecule has 0 aliphatic heterocycles. The van der Waals surface area contributed by atoms with Gasteiger partial charge >= 0.3 is 0 Å². The highest BCUT2D eigenvalue weighted by Gasteiger charge is 2.17. The number of aromatic nitrogens is 2. The summed E-state index contributed by atoms with van der Waals surface area (Å²) < 4.78 is 11.6. The molecule has 1 amide bonds. The molecule has 4 N–H and O–H groups in total. The van der Waals surface area contributed by atoms with Crippen molar-refractivity contribution in [1.29, 1.82) is 0 Å². The van der Waals surface area contributed by atoms with Crippen LogP contribution < -0.4 is 21.1 Å². The van der Waals surface area contributed by atoms with Gasteiger partial charge in [0.2, 0.25) is 11.8 Å². The van der Waals surface area contributed by atoms with E-state index >= 15 is 0 Å². The summed E-state index contributed by atoms with van der Waals surface area (Å²) >= 11 is 0. The molecular weight excluding hydrogens is 382 g/mol. The first kappa shape index (κ1) is 19.3. The number of nitrogens with two attached hydrogens (primary N) is 1. The van der Waals surface area contributed by atoms with Crippen LogP contribution in [0.25, 0.3) is 11.0 Å². The van der Waals surface area contributed by atoms with Crippen LogP contribution in [-0.2, 0) is 0 Å². The first-order valence-electron chi connectivity index (χ1n) is 9.34. The molecule has 2 aromatic heterocycles. The van der Waals surface area contributed by atoms with Crippen molar-refractivity contribution in [3.63, 3.8) is 0 Å². The number of nitrogens with zero attached hydrogens (tertiary/aromatic N) is 2. The highest BCUT2D eigenvalue weighted by atomic mass is 16.5. The maximum atomic E-state index is 12.1. The van der Waals surface area contributed by atoms with Crippen molar-refractivity contribution in [2.75, 3.05) is 18.1 Å². The van der Waals surface area contributed by atoms with E-state index in [9.17, 15) is 4.79 Å². The third-order valence-electron chi connectivity index (χ3n) is 4.69. The number of carbonyl (C=O) groups is 1. The number of nitrogen functional groups attached to an aromatic ring is 1. The summed E-state index contributed by atoms with van der Waals surface area (Å²) in [5.74, 6) is 1.60. The van der Waals surface area contributed by atoms with Crippen LogP contribution in [0.2, 0.25) is 0 Å². The number of benzene rings is 2. The Bertz CT molecular complexity index is 1230. The van der Waals surface area contributed by atoms with E-state index in [1.54, 1.807) is 44.4 Å². The molecule has 0 unspecified atom stereocenters. The van der Waals surface area contributed by atoms with Crippen LogP contribution in [0, 0.1) is 13.8 Å². The SMILES string of the molecule is CNC(=O)c1c(C)oc2cc(Oc3ccnc(Nc4c(C)cccc4N)n3)ccc12. The fourth-order valence-corrected chi connectivity index (χ4v) is 3.22. The second-order valence-corrected chi connectivity index (χ2v) is 6.76. The lowest BCUT2D eigenvalue weighted by molar-refractivity contribution is 0.0963. The number of ether oxygens (including phenoxy) is 1. The number of amides is 1. The summed E-state index contributed by atoms with van der Waals surface area (Å²) in [7, 11) is 1.59. The number of furan rings is 1. The van der Waals surface area contributed by atoms with E-state index < -0.39 is 0 Å². The van der Waals surface area contributed by atoms with Crippen molar-refractivity contribution in [2.45, 2.75) is 13.8 Å². The Hall–Kier alpha value is -4.07. The molecule has 0 atom stereocenters. The summed E-state index contributed by atoms with van der Waals surface area (Å²) in [5.41, 5.74) is 9.46. The molecule has 0 bridgehead atoms. The monoisotopic (exact) mass is 403 g/mol. The van der Waals surface area contributed by atoms with Gasteiger partial charge in [0.15, 0.2) is 0 Å². The first-order chi connectivity index (χ1) is 14.5. The van der Waals surface area contributed by atoms with Crippen molar-refractivity contribution in [3.05, 3.63) is 65.5 Å². The summed E-state index contributed by atoms with van der Waals surface area (Å²) in [6.07, 6.45) is 1.60. The van der Waals surface area contributed by atoms with Crippen LogP contribution in [0.15, 0.2) is 53.1 Å². The number of anilines is 3. The summed E-state index contributed by atoms with van der Waals surface area (Å²) in [6, 6.07) is 12.6. The second kappa shape index (κ2) is 7.75. The maximum Gasteiger partial charge on any atom is 0.255 e. The third-order valence-corrected chi connectivity index (χ3v) is 4.69. The first-order valence-corrected chi connectivity index (χ1v) is 9.34. The van der Waals surface area contributed by atoms with E-state index in [4.69, 9.17) is 14.9 Å². The molecule has 4 rings (SSSR count). The lowest BCUT2D eigenvalue weighted by Crippen LogP contribution is -2.18. The largest absolute Gasteiger partial charge is 0.460 e. The molecule has 0 spiro atoms. The van der Waals surface area contributed by atoms with Gasteiger partial charge in [0.25, 0.3) is 5.91 Å². The van der Waals surface area contributed by atoms with E-state index in [1.807, 2.05) is 25.1 Å². The third kappa shape index (κ3) is 3.62. The zero-order valence-electron chi connectivity index (χ0n) is 16.8. The number of rotatable bonds is 5. The Labute approximate surface area is 173 Å². The lowest BCUT2D eigenvalue weighted by Gasteiger charge is -2.11. The van der Waals surface area contributed by atoms with Gasteiger partial charge in [-0.15, -0.1) is 0 Å². The average Bonchev–Trinajstić information content (AvgIpc) is 3.05. The van der Waals surface area contributed by atoms with Crippen molar-refractivity contribution in [3.8, 4) is 11.6 Å². The normalized spacial score (nSPS) is 10.8. The molecule has 8 nitrogen and oxygen atoms in total. The van der Waals surface area contributed by atoms with Crippen LogP contribution in [0.4, 0.5) is 17.3 Å². The van der Waals surface area contributed by atoms with Gasteiger partial charge in [-0.25, -0.2) is 4.98 Å². The molecule has 2 heterocycles. The minimum Gasteiger partial charge on any atom is -0.460 e. The van der Waals surface area contributed by atoms with E-state index in [2.05, 4.69) is 20.6 Å². The molecule has 8 heteroatoms. The molecule has 0 radical (unpaired) electrons. The molecule has 0 aliphatic carbocycles. The molecule has 2 aromatic carbocycles. The van der Waals surface area contributed by atoms with Crippen LogP contribution in [-0.4, -0.2) is 22.9 Å². The maximum absolute atomic E-state index is 12.1. The van der Waals surface area contributed by atoms with E-state index in [1.165, 1.54) is 0 Å². The fourth-order valence-electron chi connectivity index (χ4n) is 3.22. The second-order valence-electron chi connectivity index (χ2n) is 6.76. The van der Waals surface area contributed by atoms with Gasteiger partial charge in [0.1, 0.15) is 17.1 Å². The van der Waals surface area contributed by atoms with Crippen LogP contribution in [0.1, 0.15) is 21.7 Å². The zero-order chi connectivity index (χ0) is 21.3. The summed E-state index contributed by atoms with van der Waals surface area (Å²) in [6.45, 7) is 3.71. The zero-order valence-corrected chi connectivity index (χ0v) is 16.8. The van der Waals surface area contributed by atoms with Crippen molar-refractivity contribution < 1.29 is 13.9 Å². The van der Waals surface area contributed by atoms with Crippen molar-refractivity contribution >= 4 is 34.2 Å². The van der Waals surface area contributed by atoms with Gasteiger partial charge in [-0.1, -0.05) is 12.1 Å². The molecule has 0 saturated heterocycles. The Morgan fingerprint density at radius 3 is 2.77 bits per heavy atom. The number of carbonyl (C=O) groups excluding carboxylic acids is 1. The molecule has 30 heavy (non-hydrogen) atoms.